The van der Waals surface area contributed by atoms with Crippen molar-refractivity contribution < 1.29 is 9.18 Å². The van der Waals surface area contributed by atoms with Gasteiger partial charge in [0.1, 0.15) is 11.6 Å². The number of anilines is 1. The monoisotopic (exact) mass is 300 g/mol. The maximum Gasteiger partial charge on any atom is 0.244 e. The predicted octanol–water partition coefficient (Wildman–Crippen LogP) is 1.85. The van der Waals surface area contributed by atoms with Crippen molar-refractivity contribution in [1.29, 1.82) is 0 Å². The normalized spacial score (nSPS) is 18.2. The van der Waals surface area contributed by atoms with E-state index in [0.717, 1.165) is 0 Å². The highest BCUT2D eigenvalue weighted by Gasteiger charge is 2.36. The Morgan fingerprint density at radius 1 is 1.27 bits per heavy atom. The van der Waals surface area contributed by atoms with Crippen LogP contribution in [0.1, 0.15) is 12.2 Å². The first-order chi connectivity index (χ1) is 10.7. The summed E-state index contributed by atoms with van der Waals surface area (Å²) in [5.74, 6) is 0.219. The van der Waals surface area contributed by atoms with E-state index in [1.807, 2.05) is 11.9 Å². The smallest absolute Gasteiger partial charge is 0.244 e. The Morgan fingerprint density at radius 3 is 2.73 bits per heavy atom. The fourth-order valence-electron chi connectivity index (χ4n) is 2.73. The van der Waals surface area contributed by atoms with Crippen LogP contribution in [0.4, 0.5) is 10.1 Å². The van der Waals surface area contributed by atoms with E-state index in [-0.39, 0.29) is 17.8 Å². The van der Waals surface area contributed by atoms with E-state index in [1.165, 1.54) is 11.0 Å². The Bertz CT molecular complexity index is 664. The number of amides is 1. The molecule has 1 aromatic carbocycles. The van der Waals surface area contributed by atoms with Gasteiger partial charge in [-0.15, -0.1) is 0 Å². The molecule has 1 aliphatic heterocycles. The topological polar surface area (TPSA) is 49.3 Å². The van der Waals surface area contributed by atoms with Gasteiger partial charge in [-0.1, -0.05) is 12.1 Å². The van der Waals surface area contributed by atoms with Crippen LogP contribution in [0.25, 0.3) is 0 Å². The summed E-state index contributed by atoms with van der Waals surface area (Å²) in [4.78, 5) is 24.3. The summed E-state index contributed by atoms with van der Waals surface area (Å²) in [5.41, 5.74) is 0.347. The van der Waals surface area contributed by atoms with Crippen molar-refractivity contribution in [3.63, 3.8) is 0 Å². The minimum Gasteiger partial charge on any atom is -0.308 e. The van der Waals surface area contributed by atoms with E-state index in [9.17, 15) is 9.18 Å². The van der Waals surface area contributed by atoms with Crippen LogP contribution in [0.15, 0.2) is 42.7 Å². The van der Waals surface area contributed by atoms with Gasteiger partial charge in [-0.2, -0.15) is 0 Å². The molecule has 3 rings (SSSR count). The summed E-state index contributed by atoms with van der Waals surface area (Å²) < 4.78 is 13.9. The SMILES string of the molecule is CN(Cc1ncccn1)C1CCN(c2ccccc2F)C1=O. The minimum atomic E-state index is -0.370. The van der Waals surface area contributed by atoms with Gasteiger partial charge in [-0.3, -0.25) is 9.69 Å². The molecular formula is C16H17FN4O. The van der Waals surface area contributed by atoms with Gasteiger partial charge in [0.05, 0.1) is 18.3 Å². The molecule has 114 valence electrons. The molecular weight excluding hydrogens is 283 g/mol. The fraction of sp³-hybridized carbons (Fsp3) is 0.312. The summed E-state index contributed by atoms with van der Waals surface area (Å²) in [6.45, 7) is 1.01. The third kappa shape index (κ3) is 2.82. The van der Waals surface area contributed by atoms with Crippen molar-refractivity contribution in [3.8, 4) is 0 Å². The number of halogens is 1. The van der Waals surface area contributed by atoms with E-state index in [0.29, 0.717) is 31.0 Å². The summed E-state index contributed by atoms with van der Waals surface area (Å²) in [5, 5.41) is 0. The highest BCUT2D eigenvalue weighted by atomic mass is 19.1. The molecule has 0 spiro atoms. The minimum absolute atomic E-state index is 0.0801. The van der Waals surface area contributed by atoms with Gasteiger partial charge in [0, 0.05) is 18.9 Å². The van der Waals surface area contributed by atoms with E-state index in [1.54, 1.807) is 36.7 Å². The van der Waals surface area contributed by atoms with Crippen molar-refractivity contribution in [2.45, 2.75) is 19.0 Å². The van der Waals surface area contributed by atoms with Crippen LogP contribution in [-0.2, 0) is 11.3 Å². The Hall–Kier alpha value is -2.34. The predicted molar refractivity (Wildman–Crippen MR) is 80.7 cm³/mol. The highest BCUT2D eigenvalue weighted by Crippen LogP contribution is 2.26. The van der Waals surface area contributed by atoms with Crippen molar-refractivity contribution in [2.24, 2.45) is 0 Å². The van der Waals surface area contributed by atoms with Gasteiger partial charge < -0.3 is 4.90 Å². The van der Waals surface area contributed by atoms with Crippen LogP contribution in [0.3, 0.4) is 0 Å². The second-order valence-corrected chi connectivity index (χ2v) is 5.33. The van der Waals surface area contributed by atoms with Crippen molar-refractivity contribution >= 4 is 11.6 Å². The van der Waals surface area contributed by atoms with Crippen molar-refractivity contribution in [1.82, 2.24) is 14.9 Å². The molecule has 0 bridgehead atoms. The summed E-state index contributed by atoms with van der Waals surface area (Å²) in [6, 6.07) is 7.84. The highest BCUT2D eigenvalue weighted by molar-refractivity contribution is 5.99. The van der Waals surface area contributed by atoms with Crippen LogP contribution < -0.4 is 4.90 Å². The van der Waals surface area contributed by atoms with Crippen molar-refractivity contribution in [2.75, 3.05) is 18.5 Å². The van der Waals surface area contributed by atoms with Gasteiger partial charge in [0.15, 0.2) is 0 Å². The lowest BCUT2D eigenvalue weighted by Crippen LogP contribution is -2.39. The maximum absolute atomic E-state index is 13.9. The van der Waals surface area contributed by atoms with Crippen LogP contribution >= 0.6 is 0 Å². The molecule has 0 aliphatic carbocycles. The summed E-state index contributed by atoms with van der Waals surface area (Å²) in [6.07, 6.45) is 4.02. The molecule has 1 amide bonds. The van der Waals surface area contributed by atoms with Gasteiger partial charge >= 0.3 is 0 Å². The Balaban J connectivity index is 1.72. The molecule has 1 saturated heterocycles. The maximum atomic E-state index is 13.9. The van der Waals surface area contributed by atoms with Crippen LogP contribution in [0, 0.1) is 5.82 Å². The van der Waals surface area contributed by atoms with Gasteiger partial charge in [0.25, 0.3) is 0 Å². The first-order valence-electron chi connectivity index (χ1n) is 7.19. The zero-order valence-electron chi connectivity index (χ0n) is 12.3. The largest absolute Gasteiger partial charge is 0.308 e. The lowest BCUT2D eigenvalue weighted by molar-refractivity contribution is -0.121. The van der Waals surface area contributed by atoms with E-state index in [2.05, 4.69) is 9.97 Å². The number of hydrogen-bond acceptors (Lipinski definition) is 4. The van der Waals surface area contributed by atoms with Gasteiger partial charge in [0.2, 0.25) is 5.91 Å². The number of carbonyl (C=O) groups excluding carboxylic acids is 1. The molecule has 1 aromatic heterocycles. The Kier molecular flexibility index (Phi) is 4.11. The van der Waals surface area contributed by atoms with E-state index in [4.69, 9.17) is 0 Å². The second-order valence-electron chi connectivity index (χ2n) is 5.33. The number of nitrogens with zero attached hydrogens (tertiary/aromatic N) is 4. The molecule has 1 atom stereocenters. The molecule has 2 heterocycles. The van der Waals surface area contributed by atoms with Crippen LogP contribution in [-0.4, -0.2) is 40.4 Å². The molecule has 0 saturated carbocycles. The molecule has 1 fully saturated rings. The average Bonchev–Trinajstić information content (AvgIpc) is 2.90. The summed E-state index contributed by atoms with van der Waals surface area (Å²) >= 11 is 0. The number of rotatable bonds is 4. The summed E-state index contributed by atoms with van der Waals surface area (Å²) in [7, 11) is 1.86. The van der Waals surface area contributed by atoms with Crippen LogP contribution in [0.2, 0.25) is 0 Å². The third-order valence-electron chi connectivity index (χ3n) is 3.86. The second kappa shape index (κ2) is 6.19. The molecule has 6 heteroatoms. The number of hydrogen-bond donors (Lipinski definition) is 0. The zero-order chi connectivity index (χ0) is 15.5. The number of likely N-dealkylation sites (N-methyl/N-ethyl adjacent to an activating group) is 1. The van der Waals surface area contributed by atoms with Crippen LogP contribution in [0.5, 0.6) is 0 Å². The Morgan fingerprint density at radius 2 is 2.00 bits per heavy atom. The molecule has 0 radical (unpaired) electrons. The molecule has 2 aromatic rings. The number of benzene rings is 1. The zero-order valence-corrected chi connectivity index (χ0v) is 12.3. The van der Waals surface area contributed by atoms with E-state index >= 15 is 0 Å². The number of carbonyl (C=O) groups is 1. The first-order valence-corrected chi connectivity index (χ1v) is 7.19. The standard InChI is InChI=1S/C16H17FN4O/c1-20(11-15-18-8-4-9-19-15)14-7-10-21(16(14)22)13-6-3-2-5-12(13)17/h2-6,8-9,14H,7,10-11H2,1H3. The van der Waals surface area contributed by atoms with E-state index < -0.39 is 0 Å². The quantitative estimate of drug-likeness (QED) is 0.864. The lowest BCUT2D eigenvalue weighted by Gasteiger charge is -2.23. The van der Waals surface area contributed by atoms with Gasteiger partial charge in [-0.25, -0.2) is 14.4 Å². The molecule has 0 N–H and O–H groups in total. The molecule has 1 aliphatic rings. The fourth-order valence-corrected chi connectivity index (χ4v) is 2.73. The molecule has 22 heavy (non-hydrogen) atoms. The third-order valence-corrected chi connectivity index (χ3v) is 3.86. The molecule has 1 unspecified atom stereocenters. The first kappa shape index (κ1) is 14.6. The van der Waals surface area contributed by atoms with Gasteiger partial charge in [-0.05, 0) is 31.7 Å². The Labute approximate surface area is 128 Å². The number of aromatic nitrogens is 2. The van der Waals surface area contributed by atoms with Crippen molar-refractivity contribution in [3.05, 3.63) is 54.4 Å². The number of para-hydroxylation sites is 1. The lowest BCUT2D eigenvalue weighted by atomic mass is 10.2. The average molecular weight is 300 g/mol. The molecule has 5 nitrogen and oxygen atoms in total.